The summed E-state index contributed by atoms with van der Waals surface area (Å²) in [6, 6.07) is 7.97. The van der Waals surface area contributed by atoms with Crippen molar-refractivity contribution >= 4 is 0 Å². The first-order valence-corrected chi connectivity index (χ1v) is 7.23. The summed E-state index contributed by atoms with van der Waals surface area (Å²) in [6.45, 7) is 6.80. The average Bonchev–Trinajstić information content (AvgIpc) is 2.43. The van der Waals surface area contributed by atoms with Crippen molar-refractivity contribution in [1.29, 1.82) is 0 Å². The Balaban J connectivity index is 2.02. The molecular weight excluding hydrogens is 262 g/mol. The SMILES string of the molecule is Cc1ccnc(CC(C)N(C)Cc2nc(C)ccc2O)c1. The van der Waals surface area contributed by atoms with Crippen LogP contribution in [-0.4, -0.2) is 33.1 Å². The van der Waals surface area contributed by atoms with Crippen molar-refractivity contribution in [2.45, 2.75) is 39.8 Å². The fraction of sp³-hybridized carbons (Fsp3) is 0.412. The minimum Gasteiger partial charge on any atom is -0.506 e. The van der Waals surface area contributed by atoms with Crippen LogP contribution in [0.15, 0.2) is 30.5 Å². The highest BCUT2D eigenvalue weighted by Crippen LogP contribution is 2.18. The van der Waals surface area contributed by atoms with Crippen molar-refractivity contribution in [2.75, 3.05) is 7.05 Å². The molecule has 2 rings (SSSR count). The number of rotatable bonds is 5. The molecule has 0 saturated heterocycles. The molecule has 0 aliphatic rings. The van der Waals surface area contributed by atoms with Crippen LogP contribution < -0.4 is 0 Å². The highest BCUT2D eigenvalue weighted by molar-refractivity contribution is 5.27. The lowest BCUT2D eigenvalue weighted by molar-refractivity contribution is 0.240. The van der Waals surface area contributed by atoms with Gasteiger partial charge in [0.15, 0.2) is 0 Å². The third-order valence-electron chi connectivity index (χ3n) is 3.72. The summed E-state index contributed by atoms with van der Waals surface area (Å²) in [5.41, 5.74) is 3.97. The van der Waals surface area contributed by atoms with Gasteiger partial charge in [-0.1, -0.05) is 0 Å². The molecule has 0 aromatic carbocycles. The summed E-state index contributed by atoms with van der Waals surface area (Å²) in [5.74, 6) is 0.258. The first-order chi connectivity index (χ1) is 9.95. The van der Waals surface area contributed by atoms with Gasteiger partial charge in [-0.05, 0) is 57.6 Å². The predicted molar refractivity (Wildman–Crippen MR) is 84.2 cm³/mol. The van der Waals surface area contributed by atoms with Gasteiger partial charge < -0.3 is 5.11 Å². The fourth-order valence-corrected chi connectivity index (χ4v) is 2.28. The van der Waals surface area contributed by atoms with Gasteiger partial charge in [0.1, 0.15) is 5.75 Å². The molecule has 1 atom stereocenters. The van der Waals surface area contributed by atoms with Gasteiger partial charge in [0.2, 0.25) is 0 Å². The van der Waals surface area contributed by atoms with E-state index in [1.807, 2.05) is 32.3 Å². The molecule has 4 heteroatoms. The van der Waals surface area contributed by atoms with E-state index in [1.54, 1.807) is 6.07 Å². The van der Waals surface area contributed by atoms with Crippen molar-refractivity contribution in [3.8, 4) is 5.75 Å². The van der Waals surface area contributed by atoms with Crippen molar-refractivity contribution in [1.82, 2.24) is 14.9 Å². The Hall–Kier alpha value is -1.94. The molecule has 1 N–H and O–H groups in total. The number of hydrogen-bond acceptors (Lipinski definition) is 4. The molecule has 2 aromatic rings. The molecule has 1 unspecified atom stereocenters. The van der Waals surface area contributed by atoms with E-state index >= 15 is 0 Å². The monoisotopic (exact) mass is 285 g/mol. The number of nitrogens with zero attached hydrogens (tertiary/aromatic N) is 3. The molecule has 21 heavy (non-hydrogen) atoms. The van der Waals surface area contributed by atoms with Crippen LogP contribution in [0.4, 0.5) is 0 Å². The molecule has 0 bridgehead atoms. The van der Waals surface area contributed by atoms with Crippen LogP contribution in [0, 0.1) is 13.8 Å². The minimum absolute atomic E-state index is 0.258. The Labute approximate surface area is 126 Å². The topological polar surface area (TPSA) is 49.2 Å². The lowest BCUT2D eigenvalue weighted by atomic mass is 10.1. The number of aromatic nitrogens is 2. The van der Waals surface area contributed by atoms with E-state index in [-0.39, 0.29) is 5.75 Å². The quantitative estimate of drug-likeness (QED) is 0.917. The van der Waals surface area contributed by atoms with E-state index in [2.05, 4.69) is 34.8 Å². The van der Waals surface area contributed by atoms with Crippen LogP contribution >= 0.6 is 0 Å². The van der Waals surface area contributed by atoms with Gasteiger partial charge >= 0.3 is 0 Å². The Morgan fingerprint density at radius 2 is 2.00 bits per heavy atom. The van der Waals surface area contributed by atoms with Gasteiger partial charge in [-0.3, -0.25) is 14.9 Å². The second-order valence-corrected chi connectivity index (χ2v) is 5.71. The molecule has 2 aromatic heterocycles. The number of hydrogen-bond donors (Lipinski definition) is 1. The Kier molecular flexibility index (Phi) is 4.91. The molecule has 0 spiro atoms. The first-order valence-electron chi connectivity index (χ1n) is 7.23. The van der Waals surface area contributed by atoms with Gasteiger partial charge in [-0.2, -0.15) is 0 Å². The average molecular weight is 285 g/mol. The zero-order valence-electron chi connectivity index (χ0n) is 13.2. The maximum absolute atomic E-state index is 9.89. The third-order valence-corrected chi connectivity index (χ3v) is 3.72. The smallest absolute Gasteiger partial charge is 0.138 e. The largest absolute Gasteiger partial charge is 0.506 e. The third kappa shape index (κ3) is 4.26. The number of likely N-dealkylation sites (N-methyl/N-ethyl adjacent to an activating group) is 1. The summed E-state index contributed by atoms with van der Waals surface area (Å²) < 4.78 is 0. The fourth-order valence-electron chi connectivity index (χ4n) is 2.28. The summed E-state index contributed by atoms with van der Waals surface area (Å²) in [6.07, 6.45) is 2.73. The van der Waals surface area contributed by atoms with Crippen LogP contribution in [-0.2, 0) is 13.0 Å². The highest BCUT2D eigenvalue weighted by atomic mass is 16.3. The molecular formula is C17H23N3O. The number of aryl methyl sites for hydroxylation is 2. The predicted octanol–water partition coefficient (Wildman–Crippen LogP) is 2.86. The molecule has 2 heterocycles. The van der Waals surface area contributed by atoms with E-state index in [0.717, 1.165) is 23.5 Å². The van der Waals surface area contributed by atoms with E-state index in [1.165, 1.54) is 5.56 Å². The normalized spacial score (nSPS) is 12.6. The molecule has 112 valence electrons. The molecule has 0 amide bonds. The van der Waals surface area contributed by atoms with Gasteiger partial charge in [-0.15, -0.1) is 0 Å². The van der Waals surface area contributed by atoms with Crippen LogP contribution in [0.1, 0.15) is 29.6 Å². The van der Waals surface area contributed by atoms with Crippen LogP contribution in [0.25, 0.3) is 0 Å². The number of aromatic hydroxyl groups is 1. The maximum Gasteiger partial charge on any atom is 0.138 e. The highest BCUT2D eigenvalue weighted by Gasteiger charge is 2.14. The van der Waals surface area contributed by atoms with Gasteiger partial charge in [0.05, 0.1) is 5.69 Å². The molecule has 0 saturated carbocycles. The van der Waals surface area contributed by atoms with E-state index in [9.17, 15) is 5.11 Å². The van der Waals surface area contributed by atoms with Crippen molar-refractivity contribution in [3.63, 3.8) is 0 Å². The summed E-state index contributed by atoms with van der Waals surface area (Å²) in [7, 11) is 2.05. The molecule has 0 aliphatic carbocycles. The second-order valence-electron chi connectivity index (χ2n) is 5.71. The van der Waals surface area contributed by atoms with Gasteiger partial charge in [0.25, 0.3) is 0 Å². The Bertz CT molecular complexity index is 613. The minimum atomic E-state index is 0.258. The standard InChI is InChI=1S/C17H23N3O/c1-12-7-8-18-15(9-12)10-14(3)20(4)11-16-17(21)6-5-13(2)19-16/h5-9,14,21H,10-11H2,1-4H3. The molecule has 4 nitrogen and oxygen atoms in total. The van der Waals surface area contributed by atoms with Crippen molar-refractivity contribution in [2.24, 2.45) is 0 Å². The summed E-state index contributed by atoms with van der Waals surface area (Å²) in [4.78, 5) is 11.0. The zero-order valence-corrected chi connectivity index (χ0v) is 13.2. The van der Waals surface area contributed by atoms with Crippen LogP contribution in [0.3, 0.4) is 0 Å². The lowest BCUT2D eigenvalue weighted by Crippen LogP contribution is -2.31. The molecule has 0 aliphatic heterocycles. The van der Waals surface area contributed by atoms with Gasteiger partial charge in [0, 0.05) is 36.6 Å². The van der Waals surface area contributed by atoms with E-state index in [4.69, 9.17) is 0 Å². The van der Waals surface area contributed by atoms with E-state index in [0.29, 0.717) is 12.6 Å². The Morgan fingerprint density at radius 3 is 2.71 bits per heavy atom. The first kappa shape index (κ1) is 15.4. The molecule has 0 fully saturated rings. The van der Waals surface area contributed by atoms with Crippen molar-refractivity contribution < 1.29 is 5.11 Å². The molecule has 0 radical (unpaired) electrons. The van der Waals surface area contributed by atoms with Crippen LogP contribution in [0.5, 0.6) is 5.75 Å². The van der Waals surface area contributed by atoms with Crippen LogP contribution in [0.2, 0.25) is 0 Å². The van der Waals surface area contributed by atoms with Crippen molar-refractivity contribution in [3.05, 3.63) is 53.1 Å². The Morgan fingerprint density at radius 1 is 1.24 bits per heavy atom. The summed E-state index contributed by atoms with van der Waals surface area (Å²) in [5, 5.41) is 9.89. The maximum atomic E-state index is 9.89. The summed E-state index contributed by atoms with van der Waals surface area (Å²) >= 11 is 0. The van der Waals surface area contributed by atoms with Gasteiger partial charge in [-0.25, -0.2) is 0 Å². The number of pyridine rings is 2. The van der Waals surface area contributed by atoms with E-state index < -0.39 is 0 Å². The second kappa shape index (κ2) is 6.68. The lowest BCUT2D eigenvalue weighted by Gasteiger charge is -2.24. The zero-order chi connectivity index (χ0) is 15.4.